The number of unbranched alkanes of at least 4 members (excludes halogenated alkanes) is 1. The Kier molecular flexibility index (Phi) is 4.84. The number of alkyl halides is 3. The second-order valence-corrected chi connectivity index (χ2v) is 3.86. The molecule has 0 aliphatic heterocycles. The highest BCUT2D eigenvalue weighted by molar-refractivity contribution is 5.96. The average molecular weight is 263 g/mol. The van der Waals surface area contributed by atoms with Gasteiger partial charge in [0.05, 0.1) is 5.56 Å². The molecule has 0 radical (unpaired) electrons. The third-order valence-electron chi connectivity index (χ3n) is 2.45. The van der Waals surface area contributed by atoms with Crippen molar-refractivity contribution in [2.75, 3.05) is 6.54 Å². The molecule has 0 aliphatic rings. The first-order valence-corrected chi connectivity index (χ1v) is 5.46. The van der Waals surface area contributed by atoms with E-state index in [4.69, 9.17) is 5.73 Å². The summed E-state index contributed by atoms with van der Waals surface area (Å²) in [5, 5.41) is 0. The number of carbonyl (C=O) groups excluding carboxylic acids is 1. The van der Waals surface area contributed by atoms with E-state index in [1.807, 2.05) is 0 Å². The molecule has 1 aromatic rings. The highest BCUT2D eigenvalue weighted by Crippen LogP contribution is 2.32. The lowest BCUT2D eigenvalue weighted by atomic mass is 10.0. The van der Waals surface area contributed by atoms with Crippen LogP contribution in [0.4, 0.5) is 17.6 Å². The Morgan fingerprint density at radius 3 is 2.44 bits per heavy atom. The summed E-state index contributed by atoms with van der Waals surface area (Å²) in [6, 6.07) is 2.29. The van der Waals surface area contributed by atoms with Gasteiger partial charge in [-0.1, -0.05) is 0 Å². The zero-order chi connectivity index (χ0) is 13.8. The van der Waals surface area contributed by atoms with E-state index in [2.05, 4.69) is 0 Å². The summed E-state index contributed by atoms with van der Waals surface area (Å²) in [6.45, 7) is 0.421. The van der Waals surface area contributed by atoms with E-state index < -0.39 is 23.3 Å². The number of carbonyl (C=O) groups is 1. The van der Waals surface area contributed by atoms with Gasteiger partial charge in [-0.15, -0.1) is 0 Å². The van der Waals surface area contributed by atoms with E-state index in [0.29, 0.717) is 31.5 Å². The van der Waals surface area contributed by atoms with Crippen molar-refractivity contribution in [1.82, 2.24) is 0 Å². The fraction of sp³-hybridized carbons (Fsp3) is 0.417. The molecule has 0 heterocycles. The highest BCUT2D eigenvalue weighted by atomic mass is 19.4. The smallest absolute Gasteiger partial charge is 0.330 e. The van der Waals surface area contributed by atoms with E-state index >= 15 is 0 Å². The van der Waals surface area contributed by atoms with Crippen molar-refractivity contribution < 1.29 is 22.4 Å². The molecule has 0 atom stereocenters. The Bertz CT molecular complexity index is 429. The van der Waals surface area contributed by atoms with Crippen molar-refractivity contribution in [3.63, 3.8) is 0 Å². The monoisotopic (exact) mass is 263 g/mol. The highest BCUT2D eigenvalue weighted by Gasteiger charge is 2.34. The summed E-state index contributed by atoms with van der Waals surface area (Å²) in [4.78, 5) is 11.6. The van der Waals surface area contributed by atoms with Crippen LogP contribution in [0.2, 0.25) is 0 Å². The van der Waals surface area contributed by atoms with Gasteiger partial charge in [-0.25, -0.2) is 4.39 Å². The summed E-state index contributed by atoms with van der Waals surface area (Å²) in [7, 11) is 0. The first-order valence-electron chi connectivity index (χ1n) is 5.46. The molecule has 6 heteroatoms. The lowest BCUT2D eigenvalue weighted by molar-refractivity contribution is -0.140. The van der Waals surface area contributed by atoms with E-state index in [-0.39, 0.29) is 12.0 Å². The molecule has 0 bridgehead atoms. The summed E-state index contributed by atoms with van der Waals surface area (Å²) in [6.07, 6.45) is -3.55. The molecular formula is C12H13F4NO. The van der Waals surface area contributed by atoms with Crippen molar-refractivity contribution in [3.05, 3.63) is 35.1 Å². The molecule has 0 amide bonds. The van der Waals surface area contributed by atoms with Crippen molar-refractivity contribution in [2.24, 2.45) is 5.73 Å². The maximum atomic E-state index is 13.0. The zero-order valence-corrected chi connectivity index (χ0v) is 9.56. The summed E-state index contributed by atoms with van der Waals surface area (Å²) in [5.74, 6) is -1.81. The standard InChI is InChI=1S/C12H13F4NO/c13-10-5-4-8(7-9(10)12(14,15)16)11(18)3-1-2-6-17/h4-5,7H,1-3,6,17H2. The van der Waals surface area contributed by atoms with Crippen LogP contribution >= 0.6 is 0 Å². The van der Waals surface area contributed by atoms with Gasteiger partial charge in [0.1, 0.15) is 5.82 Å². The van der Waals surface area contributed by atoms with Crippen LogP contribution in [0.5, 0.6) is 0 Å². The van der Waals surface area contributed by atoms with E-state index in [0.717, 1.165) is 6.07 Å². The predicted molar refractivity (Wildman–Crippen MR) is 58.6 cm³/mol. The zero-order valence-electron chi connectivity index (χ0n) is 9.56. The molecular weight excluding hydrogens is 250 g/mol. The van der Waals surface area contributed by atoms with Crippen LogP contribution in [0.25, 0.3) is 0 Å². The minimum Gasteiger partial charge on any atom is -0.330 e. The number of rotatable bonds is 5. The van der Waals surface area contributed by atoms with Gasteiger partial charge < -0.3 is 5.73 Å². The summed E-state index contributed by atoms with van der Waals surface area (Å²) in [5.41, 5.74) is 3.71. The summed E-state index contributed by atoms with van der Waals surface area (Å²) >= 11 is 0. The van der Waals surface area contributed by atoms with Gasteiger partial charge in [-0.05, 0) is 37.6 Å². The number of nitrogens with two attached hydrogens (primary N) is 1. The van der Waals surface area contributed by atoms with Crippen LogP contribution in [-0.4, -0.2) is 12.3 Å². The Morgan fingerprint density at radius 2 is 1.89 bits per heavy atom. The van der Waals surface area contributed by atoms with Crippen LogP contribution in [-0.2, 0) is 6.18 Å². The van der Waals surface area contributed by atoms with Gasteiger partial charge in [-0.3, -0.25) is 4.79 Å². The molecule has 1 aromatic carbocycles. The number of Topliss-reactive ketones (excluding diaryl/α,β-unsaturated/α-hetero) is 1. The topological polar surface area (TPSA) is 43.1 Å². The maximum absolute atomic E-state index is 13.0. The van der Waals surface area contributed by atoms with Crippen LogP contribution in [0.15, 0.2) is 18.2 Å². The molecule has 0 fully saturated rings. The SMILES string of the molecule is NCCCCC(=O)c1ccc(F)c(C(F)(F)F)c1. The van der Waals surface area contributed by atoms with Gasteiger partial charge in [0.2, 0.25) is 0 Å². The van der Waals surface area contributed by atoms with Crippen LogP contribution in [0, 0.1) is 5.82 Å². The van der Waals surface area contributed by atoms with Crippen molar-refractivity contribution in [3.8, 4) is 0 Å². The quantitative estimate of drug-likeness (QED) is 0.503. The number of hydrogen-bond acceptors (Lipinski definition) is 2. The van der Waals surface area contributed by atoms with Crippen LogP contribution < -0.4 is 5.73 Å². The average Bonchev–Trinajstić information content (AvgIpc) is 2.28. The maximum Gasteiger partial charge on any atom is 0.419 e. The number of hydrogen-bond donors (Lipinski definition) is 1. The van der Waals surface area contributed by atoms with Crippen molar-refractivity contribution in [1.29, 1.82) is 0 Å². The molecule has 0 aromatic heterocycles. The third kappa shape index (κ3) is 3.80. The van der Waals surface area contributed by atoms with Crippen LogP contribution in [0.3, 0.4) is 0 Å². The van der Waals surface area contributed by atoms with E-state index in [1.165, 1.54) is 0 Å². The minimum atomic E-state index is -4.79. The Hall–Kier alpha value is -1.43. The molecule has 100 valence electrons. The van der Waals surface area contributed by atoms with Gasteiger partial charge in [-0.2, -0.15) is 13.2 Å². The van der Waals surface area contributed by atoms with E-state index in [1.54, 1.807) is 0 Å². The fourth-order valence-electron chi connectivity index (χ4n) is 1.49. The predicted octanol–water partition coefficient (Wildman–Crippen LogP) is 3.16. The molecule has 2 N–H and O–H groups in total. The molecule has 1 rings (SSSR count). The molecule has 0 spiro atoms. The van der Waals surface area contributed by atoms with Gasteiger partial charge in [0, 0.05) is 12.0 Å². The largest absolute Gasteiger partial charge is 0.419 e. The van der Waals surface area contributed by atoms with E-state index in [9.17, 15) is 22.4 Å². The number of ketones is 1. The normalized spacial score (nSPS) is 11.6. The Balaban J connectivity index is 2.88. The lowest BCUT2D eigenvalue weighted by Gasteiger charge is -2.09. The summed E-state index contributed by atoms with van der Waals surface area (Å²) < 4.78 is 50.3. The first kappa shape index (κ1) is 14.6. The third-order valence-corrected chi connectivity index (χ3v) is 2.45. The molecule has 18 heavy (non-hydrogen) atoms. The second-order valence-electron chi connectivity index (χ2n) is 3.86. The van der Waals surface area contributed by atoms with Crippen molar-refractivity contribution in [2.45, 2.75) is 25.4 Å². The Labute approximate surface area is 102 Å². The second kappa shape index (κ2) is 5.95. The fourth-order valence-corrected chi connectivity index (χ4v) is 1.49. The lowest BCUT2D eigenvalue weighted by Crippen LogP contribution is -2.10. The minimum absolute atomic E-state index is 0.111. The first-order chi connectivity index (χ1) is 8.36. The molecule has 0 saturated heterocycles. The van der Waals surface area contributed by atoms with Crippen LogP contribution in [0.1, 0.15) is 35.2 Å². The molecule has 0 saturated carbocycles. The molecule has 0 unspecified atom stereocenters. The molecule has 0 aliphatic carbocycles. The Morgan fingerprint density at radius 1 is 1.22 bits per heavy atom. The van der Waals surface area contributed by atoms with Crippen molar-refractivity contribution >= 4 is 5.78 Å². The molecule has 2 nitrogen and oxygen atoms in total. The van der Waals surface area contributed by atoms with Gasteiger partial charge >= 0.3 is 6.18 Å². The van der Waals surface area contributed by atoms with Gasteiger partial charge in [0.15, 0.2) is 5.78 Å². The number of benzene rings is 1. The number of halogens is 4. The van der Waals surface area contributed by atoms with Gasteiger partial charge in [0.25, 0.3) is 0 Å².